The fourth-order valence-electron chi connectivity index (χ4n) is 0. The zero-order valence-corrected chi connectivity index (χ0v) is 6.31. The Kier molecular flexibility index (Phi) is 5.35. The third-order valence-electron chi connectivity index (χ3n) is 0.138. The van der Waals surface area contributed by atoms with E-state index in [2.05, 4.69) is 0 Å². The molecule has 0 saturated carbocycles. The molecule has 0 aromatic rings. The van der Waals surface area contributed by atoms with Crippen LogP contribution in [-0.2, 0) is 10.1 Å². The molecule has 0 saturated heterocycles. The fraction of sp³-hybridized carbons (Fsp3) is 1.00. The summed E-state index contributed by atoms with van der Waals surface area (Å²) in [6, 6.07) is -1.70. The SMILES string of the molecule is I.O=S(=O)(O)CF. The van der Waals surface area contributed by atoms with Gasteiger partial charge in [-0.05, 0) is 0 Å². The average molecular weight is 242 g/mol. The van der Waals surface area contributed by atoms with Gasteiger partial charge in [-0.1, -0.05) is 0 Å². The minimum absolute atomic E-state index is 0. The van der Waals surface area contributed by atoms with Crippen molar-refractivity contribution < 1.29 is 17.4 Å². The summed E-state index contributed by atoms with van der Waals surface area (Å²) in [6.07, 6.45) is 0. The van der Waals surface area contributed by atoms with Crippen LogP contribution in [0.4, 0.5) is 4.39 Å². The standard InChI is InChI=1S/CH3FO3S.HI/c2-1-6(3,4)5;/h1H2,(H,3,4,5);1H. The zero-order valence-electron chi connectivity index (χ0n) is 3.17. The van der Waals surface area contributed by atoms with Gasteiger partial charge >= 0.3 is 0 Å². The van der Waals surface area contributed by atoms with Crippen molar-refractivity contribution in [2.75, 3.05) is 6.01 Å². The highest BCUT2D eigenvalue weighted by Crippen LogP contribution is 1.77. The molecule has 0 heterocycles. The van der Waals surface area contributed by atoms with Gasteiger partial charge in [0.15, 0.2) is 0 Å². The third kappa shape index (κ3) is 10.8. The van der Waals surface area contributed by atoms with E-state index < -0.39 is 16.1 Å². The Morgan fingerprint density at radius 3 is 1.71 bits per heavy atom. The minimum atomic E-state index is -4.33. The summed E-state index contributed by atoms with van der Waals surface area (Å²) in [6.45, 7) is 0. The van der Waals surface area contributed by atoms with Crippen molar-refractivity contribution in [2.24, 2.45) is 0 Å². The van der Waals surface area contributed by atoms with Crippen LogP contribution in [0.15, 0.2) is 0 Å². The van der Waals surface area contributed by atoms with Crippen LogP contribution in [-0.4, -0.2) is 19.0 Å². The highest BCUT2D eigenvalue weighted by atomic mass is 127. The molecule has 0 aliphatic heterocycles. The molecule has 0 atom stereocenters. The van der Waals surface area contributed by atoms with Crippen LogP contribution in [0.1, 0.15) is 0 Å². The summed E-state index contributed by atoms with van der Waals surface area (Å²) in [4.78, 5) is 0. The molecule has 6 heteroatoms. The van der Waals surface area contributed by atoms with Crippen molar-refractivity contribution in [3.63, 3.8) is 0 Å². The molecule has 0 aromatic heterocycles. The molecule has 0 aliphatic rings. The molecule has 0 rings (SSSR count). The lowest BCUT2D eigenvalue weighted by Crippen LogP contribution is -1.96. The van der Waals surface area contributed by atoms with Gasteiger partial charge in [-0.2, -0.15) is 8.42 Å². The van der Waals surface area contributed by atoms with E-state index in [1.807, 2.05) is 0 Å². The number of alkyl halides is 1. The van der Waals surface area contributed by atoms with E-state index in [4.69, 9.17) is 4.55 Å². The second kappa shape index (κ2) is 3.56. The predicted molar refractivity (Wildman–Crippen MR) is 32.9 cm³/mol. The first kappa shape index (κ1) is 10.5. The van der Waals surface area contributed by atoms with E-state index in [-0.39, 0.29) is 24.0 Å². The Hall–Kier alpha value is 0.570. The molecule has 0 fully saturated rings. The highest BCUT2D eigenvalue weighted by Gasteiger charge is 1.97. The van der Waals surface area contributed by atoms with Crippen molar-refractivity contribution in [3.05, 3.63) is 0 Å². The van der Waals surface area contributed by atoms with Gasteiger partial charge < -0.3 is 0 Å². The quantitative estimate of drug-likeness (QED) is 0.535. The van der Waals surface area contributed by atoms with Crippen molar-refractivity contribution in [1.29, 1.82) is 0 Å². The van der Waals surface area contributed by atoms with Crippen LogP contribution in [0.3, 0.4) is 0 Å². The van der Waals surface area contributed by atoms with E-state index in [0.29, 0.717) is 0 Å². The average Bonchev–Trinajstić information content (AvgIpc) is 1.35. The smallest absolute Gasteiger partial charge is 0.284 e. The molecule has 0 spiro atoms. The largest absolute Gasteiger partial charge is 0.294 e. The van der Waals surface area contributed by atoms with Crippen LogP contribution in [0.5, 0.6) is 0 Å². The van der Waals surface area contributed by atoms with Gasteiger partial charge in [-0.25, -0.2) is 4.39 Å². The van der Waals surface area contributed by atoms with Crippen LogP contribution < -0.4 is 0 Å². The molecule has 0 bridgehead atoms. The van der Waals surface area contributed by atoms with Gasteiger partial charge in [0.1, 0.15) is 0 Å². The van der Waals surface area contributed by atoms with Gasteiger partial charge in [0.2, 0.25) is 6.01 Å². The Labute approximate surface area is 57.7 Å². The van der Waals surface area contributed by atoms with Crippen molar-refractivity contribution in [3.8, 4) is 0 Å². The molecule has 0 amide bonds. The van der Waals surface area contributed by atoms with Crippen LogP contribution in [0.25, 0.3) is 0 Å². The molecule has 3 nitrogen and oxygen atoms in total. The second-order valence-corrected chi connectivity index (χ2v) is 2.07. The molecule has 0 aromatic carbocycles. The normalized spacial score (nSPS) is 10.0. The maximum Gasteiger partial charge on any atom is 0.294 e. The molecule has 7 heavy (non-hydrogen) atoms. The minimum Gasteiger partial charge on any atom is -0.284 e. The topological polar surface area (TPSA) is 54.4 Å². The van der Waals surface area contributed by atoms with E-state index >= 15 is 0 Å². The van der Waals surface area contributed by atoms with Crippen LogP contribution in [0, 0.1) is 0 Å². The van der Waals surface area contributed by atoms with Gasteiger partial charge in [0.05, 0.1) is 0 Å². The first-order chi connectivity index (χ1) is 2.56. The lowest BCUT2D eigenvalue weighted by Gasteiger charge is -1.77. The lowest BCUT2D eigenvalue weighted by molar-refractivity contribution is 0.447. The summed E-state index contributed by atoms with van der Waals surface area (Å²) < 4.78 is 36.4. The lowest BCUT2D eigenvalue weighted by atomic mass is 11.8. The van der Waals surface area contributed by atoms with Gasteiger partial charge in [-0.3, -0.25) is 4.55 Å². The van der Waals surface area contributed by atoms with Gasteiger partial charge in [-0.15, -0.1) is 24.0 Å². The maximum absolute atomic E-state index is 10.7. The molecular weight excluding hydrogens is 238 g/mol. The predicted octanol–water partition coefficient (Wildman–Crippen LogP) is 0.419. The number of rotatable bonds is 1. The first-order valence-corrected chi connectivity index (χ1v) is 2.68. The Morgan fingerprint density at radius 1 is 1.57 bits per heavy atom. The summed E-state index contributed by atoms with van der Waals surface area (Å²) in [5.41, 5.74) is 0. The van der Waals surface area contributed by atoms with Gasteiger partial charge in [0.25, 0.3) is 10.1 Å². The van der Waals surface area contributed by atoms with Crippen LogP contribution >= 0.6 is 24.0 Å². The molecule has 0 unspecified atom stereocenters. The van der Waals surface area contributed by atoms with E-state index in [9.17, 15) is 12.8 Å². The third-order valence-corrected chi connectivity index (χ3v) is 0.414. The second-order valence-electron chi connectivity index (χ2n) is 0.691. The van der Waals surface area contributed by atoms with Crippen LogP contribution in [0.2, 0.25) is 0 Å². The zero-order chi connectivity index (χ0) is 5.21. The van der Waals surface area contributed by atoms with E-state index in [0.717, 1.165) is 0 Å². The first-order valence-electron chi connectivity index (χ1n) is 1.07. The summed E-state index contributed by atoms with van der Waals surface area (Å²) in [5, 5.41) is 0. The molecule has 0 radical (unpaired) electrons. The maximum atomic E-state index is 10.7. The summed E-state index contributed by atoms with van der Waals surface area (Å²) in [5.74, 6) is 0. The van der Waals surface area contributed by atoms with E-state index in [1.54, 1.807) is 0 Å². The van der Waals surface area contributed by atoms with E-state index in [1.165, 1.54) is 0 Å². The summed E-state index contributed by atoms with van der Waals surface area (Å²) >= 11 is 0. The Balaban J connectivity index is 0. The molecular formula is CH4FIO3S. The Morgan fingerprint density at radius 2 is 1.71 bits per heavy atom. The highest BCUT2D eigenvalue weighted by molar-refractivity contribution is 14.0. The van der Waals surface area contributed by atoms with Crippen molar-refractivity contribution in [2.45, 2.75) is 0 Å². The van der Waals surface area contributed by atoms with Crippen molar-refractivity contribution in [1.82, 2.24) is 0 Å². The Bertz CT molecular complexity index is 117. The number of hydrogen-bond acceptors (Lipinski definition) is 2. The number of hydrogen-bond donors (Lipinski definition) is 1. The molecule has 46 valence electrons. The van der Waals surface area contributed by atoms with Crippen molar-refractivity contribution >= 4 is 34.1 Å². The monoisotopic (exact) mass is 242 g/mol. The molecule has 0 aliphatic carbocycles. The summed E-state index contributed by atoms with van der Waals surface area (Å²) in [7, 11) is -4.33. The number of halogens is 2. The van der Waals surface area contributed by atoms with Gasteiger partial charge in [0, 0.05) is 0 Å². The fourth-order valence-corrected chi connectivity index (χ4v) is 0. The molecule has 1 N–H and O–H groups in total.